The van der Waals surface area contributed by atoms with Gasteiger partial charge in [0.25, 0.3) is 0 Å². The Morgan fingerprint density at radius 3 is 2.50 bits per heavy atom. The van der Waals surface area contributed by atoms with E-state index in [2.05, 4.69) is 0 Å². The van der Waals surface area contributed by atoms with Crippen LogP contribution in [0.1, 0.15) is 13.3 Å². The minimum atomic E-state index is -0.844. The Balaban J connectivity index is 2.25. The van der Waals surface area contributed by atoms with Crippen molar-refractivity contribution in [2.45, 2.75) is 25.6 Å². The first-order chi connectivity index (χ1) is 3.70. The molecule has 1 heterocycles. The van der Waals surface area contributed by atoms with Gasteiger partial charge in [-0.05, 0) is 6.92 Å². The summed E-state index contributed by atoms with van der Waals surface area (Å²) in [5.74, 6) is -0.844. The van der Waals surface area contributed by atoms with Crippen LogP contribution in [-0.2, 0) is 9.53 Å². The van der Waals surface area contributed by atoms with Gasteiger partial charge in [0.2, 0.25) is 0 Å². The van der Waals surface area contributed by atoms with Crippen LogP contribution >= 0.6 is 0 Å². The lowest BCUT2D eigenvalue weighted by Crippen LogP contribution is -2.40. The third-order valence-electron chi connectivity index (χ3n) is 1.22. The van der Waals surface area contributed by atoms with Crippen molar-refractivity contribution in [1.82, 2.24) is 0 Å². The van der Waals surface area contributed by atoms with Gasteiger partial charge in [-0.25, -0.2) is 4.79 Å². The van der Waals surface area contributed by atoms with Crippen molar-refractivity contribution in [3.05, 3.63) is 0 Å². The topological polar surface area (TPSA) is 46.5 Å². The summed E-state index contributed by atoms with van der Waals surface area (Å²) in [7, 11) is 0. The second-order valence-corrected chi connectivity index (χ2v) is 2.01. The lowest BCUT2D eigenvalue weighted by Gasteiger charge is -2.29. The highest BCUT2D eigenvalue weighted by atomic mass is 16.5. The summed E-state index contributed by atoms with van der Waals surface area (Å²) in [6.45, 7) is 1.86. The molecule has 1 fully saturated rings. The number of ether oxygens (including phenoxy) is 1. The van der Waals surface area contributed by atoms with Crippen LogP contribution in [0.5, 0.6) is 0 Å². The van der Waals surface area contributed by atoms with Gasteiger partial charge in [0.15, 0.2) is 6.10 Å². The minimum absolute atomic E-state index is 0.149. The number of carboxylic acids is 1. The van der Waals surface area contributed by atoms with E-state index in [0.717, 1.165) is 0 Å². The summed E-state index contributed by atoms with van der Waals surface area (Å²) < 4.78 is 4.80. The molecule has 0 amide bonds. The Morgan fingerprint density at radius 2 is 2.38 bits per heavy atom. The van der Waals surface area contributed by atoms with Crippen molar-refractivity contribution in [2.75, 3.05) is 0 Å². The molecule has 3 nitrogen and oxygen atoms in total. The smallest absolute Gasteiger partial charge is 0.332 e. The Labute approximate surface area is 47.3 Å². The zero-order chi connectivity index (χ0) is 6.15. The van der Waals surface area contributed by atoms with Crippen LogP contribution < -0.4 is 0 Å². The van der Waals surface area contributed by atoms with Crippen LogP contribution in [0.25, 0.3) is 0 Å². The first-order valence-electron chi connectivity index (χ1n) is 2.58. The van der Waals surface area contributed by atoms with Crippen LogP contribution in [0.15, 0.2) is 0 Å². The molecular weight excluding hydrogens is 108 g/mol. The van der Waals surface area contributed by atoms with E-state index in [1.165, 1.54) is 0 Å². The van der Waals surface area contributed by atoms with E-state index in [9.17, 15) is 4.79 Å². The van der Waals surface area contributed by atoms with Gasteiger partial charge < -0.3 is 9.84 Å². The normalized spacial score (nSPS) is 36.1. The van der Waals surface area contributed by atoms with E-state index < -0.39 is 12.1 Å². The number of carboxylic acid groups (broad SMARTS) is 1. The summed E-state index contributed by atoms with van der Waals surface area (Å²) >= 11 is 0. The van der Waals surface area contributed by atoms with E-state index in [4.69, 9.17) is 9.84 Å². The molecule has 0 aliphatic carbocycles. The highest BCUT2D eigenvalue weighted by Gasteiger charge is 2.31. The van der Waals surface area contributed by atoms with Crippen LogP contribution in [0.4, 0.5) is 0 Å². The second-order valence-electron chi connectivity index (χ2n) is 2.01. The van der Waals surface area contributed by atoms with Crippen LogP contribution in [0.3, 0.4) is 0 Å². The number of hydrogen-bond acceptors (Lipinski definition) is 2. The number of carbonyl (C=O) groups is 1. The van der Waals surface area contributed by atoms with Gasteiger partial charge in [0.1, 0.15) is 0 Å². The molecule has 8 heavy (non-hydrogen) atoms. The largest absolute Gasteiger partial charge is 0.479 e. The molecule has 0 aromatic rings. The zero-order valence-electron chi connectivity index (χ0n) is 4.63. The Morgan fingerprint density at radius 1 is 1.88 bits per heavy atom. The van der Waals surface area contributed by atoms with Crippen molar-refractivity contribution in [1.29, 1.82) is 0 Å². The maximum Gasteiger partial charge on any atom is 0.332 e. The third-order valence-corrected chi connectivity index (χ3v) is 1.22. The monoisotopic (exact) mass is 116 g/mol. The summed E-state index contributed by atoms with van der Waals surface area (Å²) in [6.07, 6.45) is 0.288. The molecule has 1 aliphatic rings. The van der Waals surface area contributed by atoms with E-state index in [1.54, 1.807) is 0 Å². The third kappa shape index (κ3) is 0.816. The quantitative estimate of drug-likeness (QED) is 0.534. The van der Waals surface area contributed by atoms with Gasteiger partial charge in [0, 0.05) is 6.42 Å². The van der Waals surface area contributed by atoms with Crippen molar-refractivity contribution in [3.63, 3.8) is 0 Å². The molecule has 1 saturated heterocycles. The number of aliphatic carboxylic acids is 1. The van der Waals surface area contributed by atoms with Crippen molar-refractivity contribution in [3.8, 4) is 0 Å². The minimum Gasteiger partial charge on any atom is -0.479 e. The van der Waals surface area contributed by atoms with E-state index in [0.29, 0.717) is 6.42 Å². The van der Waals surface area contributed by atoms with Gasteiger partial charge in [0.05, 0.1) is 6.10 Å². The van der Waals surface area contributed by atoms with E-state index in [-0.39, 0.29) is 6.10 Å². The maximum absolute atomic E-state index is 10.0. The molecule has 0 saturated carbocycles. The lowest BCUT2D eigenvalue weighted by atomic mass is 10.1. The average Bonchev–Trinajstić information content (AvgIpc) is 1.57. The molecule has 1 aliphatic heterocycles. The number of rotatable bonds is 1. The molecule has 0 aromatic carbocycles. The first kappa shape index (κ1) is 5.56. The summed E-state index contributed by atoms with van der Waals surface area (Å²) in [5, 5.41) is 8.23. The molecule has 1 rings (SSSR count). The summed E-state index contributed by atoms with van der Waals surface area (Å²) in [4.78, 5) is 10.0. The fourth-order valence-electron chi connectivity index (χ4n) is 0.730. The molecule has 1 N–H and O–H groups in total. The highest BCUT2D eigenvalue weighted by molar-refractivity contribution is 5.73. The van der Waals surface area contributed by atoms with Gasteiger partial charge in [-0.15, -0.1) is 0 Å². The number of hydrogen-bond donors (Lipinski definition) is 1. The van der Waals surface area contributed by atoms with Gasteiger partial charge in [-0.1, -0.05) is 0 Å². The summed E-state index contributed by atoms with van der Waals surface area (Å²) in [6, 6.07) is 0. The maximum atomic E-state index is 10.0. The van der Waals surface area contributed by atoms with Crippen molar-refractivity contribution >= 4 is 5.97 Å². The van der Waals surface area contributed by atoms with Gasteiger partial charge >= 0.3 is 5.97 Å². The van der Waals surface area contributed by atoms with Crippen molar-refractivity contribution in [2.24, 2.45) is 0 Å². The Hall–Kier alpha value is -0.570. The lowest BCUT2D eigenvalue weighted by molar-refractivity contribution is -0.175. The molecule has 3 heteroatoms. The highest BCUT2D eigenvalue weighted by Crippen LogP contribution is 2.19. The van der Waals surface area contributed by atoms with E-state index >= 15 is 0 Å². The van der Waals surface area contributed by atoms with Gasteiger partial charge in [-0.3, -0.25) is 0 Å². The van der Waals surface area contributed by atoms with Crippen LogP contribution in [-0.4, -0.2) is 23.3 Å². The predicted octanol–water partition coefficient (Wildman–Crippen LogP) is 0.248. The SMILES string of the molecule is C[C@@H]1CC(C(=O)O)O1. The molecular formula is C5H8O3. The second kappa shape index (κ2) is 1.74. The molecule has 46 valence electrons. The molecule has 1 unspecified atom stereocenters. The zero-order valence-corrected chi connectivity index (χ0v) is 4.63. The Kier molecular flexibility index (Phi) is 1.21. The average molecular weight is 116 g/mol. The molecule has 0 aromatic heterocycles. The predicted molar refractivity (Wildman–Crippen MR) is 26.6 cm³/mol. The molecule has 0 spiro atoms. The fraction of sp³-hybridized carbons (Fsp3) is 0.800. The van der Waals surface area contributed by atoms with Gasteiger partial charge in [-0.2, -0.15) is 0 Å². The van der Waals surface area contributed by atoms with Crippen LogP contribution in [0, 0.1) is 0 Å². The summed E-state index contributed by atoms with van der Waals surface area (Å²) in [5.41, 5.74) is 0. The fourth-order valence-corrected chi connectivity index (χ4v) is 0.730. The molecule has 0 radical (unpaired) electrons. The molecule has 2 atom stereocenters. The van der Waals surface area contributed by atoms with E-state index in [1.807, 2.05) is 6.92 Å². The molecule has 0 bridgehead atoms. The Bertz CT molecular complexity index is 104. The van der Waals surface area contributed by atoms with Crippen molar-refractivity contribution < 1.29 is 14.6 Å². The standard InChI is InChI=1S/C5H8O3/c1-3-2-4(8-3)5(6)7/h3-4H,2H2,1H3,(H,6,7)/t3-,4?/m1/s1. The first-order valence-corrected chi connectivity index (χ1v) is 2.58. The van der Waals surface area contributed by atoms with Crippen LogP contribution in [0.2, 0.25) is 0 Å².